The average molecular weight is 363 g/mol. The second-order valence-corrected chi connectivity index (χ2v) is 7.47. The number of nitrogens with two attached hydrogens (primary N) is 1. The minimum atomic E-state index is -3.52. The number of ether oxygens (including phenoxy) is 1. The third kappa shape index (κ3) is 4.02. The van der Waals surface area contributed by atoms with Crippen molar-refractivity contribution in [2.45, 2.75) is 24.3 Å². The Morgan fingerprint density at radius 2 is 2.05 bits per heavy atom. The van der Waals surface area contributed by atoms with E-state index in [0.29, 0.717) is 36.7 Å². The molecule has 0 aliphatic carbocycles. The Morgan fingerprint density at radius 3 is 2.70 bits per heavy atom. The molecule has 1 aliphatic rings. The van der Waals surface area contributed by atoms with Crippen molar-refractivity contribution in [3.05, 3.63) is 28.2 Å². The van der Waals surface area contributed by atoms with E-state index in [1.807, 2.05) is 6.07 Å². The molecule has 1 aromatic carbocycles. The van der Waals surface area contributed by atoms with Gasteiger partial charge in [-0.05, 0) is 52.4 Å². The molecular weight excluding hydrogens is 344 g/mol. The van der Waals surface area contributed by atoms with Crippen molar-refractivity contribution >= 4 is 26.0 Å². The van der Waals surface area contributed by atoms with Crippen molar-refractivity contribution in [3.63, 3.8) is 0 Å². The third-order valence-corrected chi connectivity index (χ3v) is 5.84. The fraction of sp³-hybridized carbons (Fsp3) is 0.538. The highest BCUT2D eigenvalue weighted by Crippen LogP contribution is 2.23. The Bertz CT molecular complexity index is 557. The van der Waals surface area contributed by atoms with E-state index < -0.39 is 10.0 Å². The molecule has 0 spiro atoms. The molecule has 0 saturated carbocycles. The van der Waals surface area contributed by atoms with Gasteiger partial charge >= 0.3 is 0 Å². The van der Waals surface area contributed by atoms with E-state index in [2.05, 4.69) is 20.7 Å². The molecule has 0 radical (unpaired) electrons. The van der Waals surface area contributed by atoms with Gasteiger partial charge in [0.2, 0.25) is 10.0 Å². The molecule has 0 aromatic heterocycles. The Balaban J connectivity index is 2.09. The van der Waals surface area contributed by atoms with E-state index in [4.69, 9.17) is 10.5 Å². The summed E-state index contributed by atoms with van der Waals surface area (Å²) in [5.74, 6) is 0.343. The van der Waals surface area contributed by atoms with Crippen molar-refractivity contribution in [1.82, 2.24) is 4.72 Å². The molecule has 0 amide bonds. The van der Waals surface area contributed by atoms with Gasteiger partial charge in [0.1, 0.15) is 0 Å². The van der Waals surface area contributed by atoms with Crippen molar-refractivity contribution in [1.29, 1.82) is 0 Å². The van der Waals surface area contributed by atoms with Gasteiger partial charge in [-0.25, -0.2) is 13.1 Å². The Hall–Kier alpha value is -0.470. The standard InChI is InChI=1S/C13H19BrN2O3S/c14-12-2-1-11(8-15)7-13(12)20(17,18)16-9-10-3-5-19-6-4-10/h1-2,7,10,16H,3-6,8-9,15H2. The van der Waals surface area contributed by atoms with Gasteiger partial charge in [0.15, 0.2) is 0 Å². The zero-order chi connectivity index (χ0) is 14.6. The third-order valence-electron chi connectivity index (χ3n) is 3.42. The summed E-state index contributed by atoms with van der Waals surface area (Å²) in [7, 11) is -3.52. The van der Waals surface area contributed by atoms with Crippen LogP contribution in [-0.2, 0) is 21.3 Å². The minimum absolute atomic E-state index is 0.243. The maximum Gasteiger partial charge on any atom is 0.241 e. The van der Waals surface area contributed by atoms with Gasteiger partial charge in [0.05, 0.1) is 4.90 Å². The highest BCUT2D eigenvalue weighted by molar-refractivity contribution is 9.10. The van der Waals surface area contributed by atoms with E-state index in [1.54, 1.807) is 12.1 Å². The van der Waals surface area contributed by atoms with Crippen LogP contribution in [0.2, 0.25) is 0 Å². The van der Waals surface area contributed by atoms with Gasteiger partial charge < -0.3 is 10.5 Å². The molecule has 1 aliphatic heterocycles. The molecule has 5 nitrogen and oxygen atoms in total. The molecule has 7 heteroatoms. The largest absolute Gasteiger partial charge is 0.381 e. The first kappa shape index (κ1) is 15.9. The predicted molar refractivity (Wildman–Crippen MR) is 80.8 cm³/mol. The fourth-order valence-electron chi connectivity index (χ4n) is 2.14. The molecule has 2 rings (SSSR count). The van der Waals surface area contributed by atoms with Crippen LogP contribution >= 0.6 is 15.9 Å². The minimum Gasteiger partial charge on any atom is -0.381 e. The molecule has 0 unspecified atom stereocenters. The predicted octanol–water partition coefficient (Wildman–Crippen LogP) is 1.61. The zero-order valence-electron chi connectivity index (χ0n) is 11.1. The second kappa shape index (κ2) is 7.00. The van der Waals surface area contributed by atoms with E-state index in [0.717, 1.165) is 18.4 Å². The molecule has 1 heterocycles. The summed E-state index contributed by atoms with van der Waals surface area (Å²) in [4.78, 5) is 0.243. The maximum atomic E-state index is 12.4. The molecule has 1 saturated heterocycles. The van der Waals surface area contributed by atoms with Crippen LogP contribution in [-0.4, -0.2) is 28.2 Å². The maximum absolute atomic E-state index is 12.4. The van der Waals surface area contributed by atoms with Gasteiger partial charge in [-0.3, -0.25) is 0 Å². The van der Waals surface area contributed by atoms with Crippen LogP contribution in [0.3, 0.4) is 0 Å². The number of rotatable bonds is 5. The number of hydrogen-bond donors (Lipinski definition) is 2. The topological polar surface area (TPSA) is 81.4 Å². The van der Waals surface area contributed by atoms with Crippen LogP contribution in [0.4, 0.5) is 0 Å². The van der Waals surface area contributed by atoms with Crippen LogP contribution in [0.5, 0.6) is 0 Å². The van der Waals surface area contributed by atoms with Crippen LogP contribution in [0.15, 0.2) is 27.6 Å². The summed E-state index contributed by atoms with van der Waals surface area (Å²) in [6, 6.07) is 5.13. The number of hydrogen-bond acceptors (Lipinski definition) is 4. The van der Waals surface area contributed by atoms with Crippen LogP contribution in [0.1, 0.15) is 18.4 Å². The lowest BCUT2D eigenvalue weighted by atomic mass is 10.0. The summed E-state index contributed by atoms with van der Waals surface area (Å²) in [5.41, 5.74) is 6.35. The van der Waals surface area contributed by atoms with Crippen molar-refractivity contribution in [2.75, 3.05) is 19.8 Å². The van der Waals surface area contributed by atoms with Gasteiger partial charge in [-0.2, -0.15) is 0 Å². The lowest BCUT2D eigenvalue weighted by Crippen LogP contribution is -2.32. The van der Waals surface area contributed by atoms with Gasteiger partial charge in [-0.15, -0.1) is 0 Å². The summed E-state index contributed by atoms with van der Waals surface area (Å²) in [6.07, 6.45) is 1.79. The monoisotopic (exact) mass is 362 g/mol. The molecule has 3 N–H and O–H groups in total. The first-order valence-corrected chi connectivity index (χ1v) is 8.86. The summed E-state index contributed by atoms with van der Waals surface area (Å²) in [5, 5.41) is 0. The number of sulfonamides is 1. The van der Waals surface area contributed by atoms with Crippen molar-refractivity contribution < 1.29 is 13.2 Å². The first-order valence-electron chi connectivity index (χ1n) is 6.59. The van der Waals surface area contributed by atoms with Gasteiger partial charge in [0.25, 0.3) is 0 Å². The Kier molecular flexibility index (Phi) is 5.57. The first-order chi connectivity index (χ1) is 9.53. The molecule has 112 valence electrons. The molecule has 1 aromatic rings. The fourth-order valence-corrected chi connectivity index (χ4v) is 4.26. The van der Waals surface area contributed by atoms with E-state index in [-0.39, 0.29) is 4.90 Å². The number of halogens is 1. The summed E-state index contributed by atoms with van der Waals surface area (Å²) < 4.78 is 33.2. The Morgan fingerprint density at radius 1 is 1.35 bits per heavy atom. The average Bonchev–Trinajstić information content (AvgIpc) is 2.47. The van der Waals surface area contributed by atoms with E-state index in [1.165, 1.54) is 0 Å². The molecule has 0 bridgehead atoms. The van der Waals surface area contributed by atoms with Crippen molar-refractivity contribution in [2.24, 2.45) is 11.7 Å². The Labute approximate surface area is 128 Å². The lowest BCUT2D eigenvalue weighted by Gasteiger charge is -2.22. The van der Waals surface area contributed by atoms with Gasteiger partial charge in [0, 0.05) is 30.8 Å². The van der Waals surface area contributed by atoms with Gasteiger partial charge in [-0.1, -0.05) is 6.07 Å². The number of nitrogens with one attached hydrogen (secondary N) is 1. The quantitative estimate of drug-likeness (QED) is 0.833. The number of benzene rings is 1. The molecule has 20 heavy (non-hydrogen) atoms. The van der Waals surface area contributed by atoms with Crippen LogP contribution in [0, 0.1) is 5.92 Å². The SMILES string of the molecule is NCc1ccc(Br)c(S(=O)(=O)NCC2CCOCC2)c1. The highest BCUT2D eigenvalue weighted by Gasteiger charge is 2.21. The summed E-state index contributed by atoms with van der Waals surface area (Å²) in [6.45, 7) is 2.18. The van der Waals surface area contributed by atoms with E-state index in [9.17, 15) is 8.42 Å². The highest BCUT2D eigenvalue weighted by atomic mass is 79.9. The van der Waals surface area contributed by atoms with E-state index >= 15 is 0 Å². The normalized spacial score (nSPS) is 17.3. The molecule has 1 fully saturated rings. The molecule has 0 atom stereocenters. The zero-order valence-corrected chi connectivity index (χ0v) is 13.5. The summed E-state index contributed by atoms with van der Waals surface area (Å²) >= 11 is 3.28. The molecular formula is C13H19BrN2O3S. The smallest absolute Gasteiger partial charge is 0.241 e. The van der Waals surface area contributed by atoms with Crippen LogP contribution < -0.4 is 10.5 Å². The van der Waals surface area contributed by atoms with Crippen molar-refractivity contribution in [3.8, 4) is 0 Å². The van der Waals surface area contributed by atoms with Crippen LogP contribution in [0.25, 0.3) is 0 Å². The second-order valence-electron chi connectivity index (χ2n) is 4.88. The lowest BCUT2D eigenvalue weighted by molar-refractivity contribution is 0.0678.